The zero-order chi connectivity index (χ0) is 12.1. The molecule has 0 spiro atoms. The molecular weight excluding hydrogens is 250 g/mol. The van der Waals surface area contributed by atoms with Crippen LogP contribution in [0, 0.1) is 0 Å². The molecule has 3 heteroatoms. The Bertz CT molecular complexity index is 333. The van der Waals surface area contributed by atoms with Gasteiger partial charge in [0.05, 0.1) is 0 Å². The summed E-state index contributed by atoms with van der Waals surface area (Å²) in [7, 11) is 0. The van der Waals surface area contributed by atoms with Gasteiger partial charge in [-0.3, -0.25) is 0 Å². The molecule has 94 valence electrons. The Hall–Kier alpha value is -0.180. The Morgan fingerprint density at radius 1 is 1.41 bits per heavy atom. The normalized spacial score (nSPS) is 21.6. The molecule has 2 rings (SSSR count). The van der Waals surface area contributed by atoms with Crippen molar-refractivity contribution in [1.82, 2.24) is 5.32 Å². The highest BCUT2D eigenvalue weighted by Crippen LogP contribution is 2.36. The molecule has 0 aliphatic carbocycles. The van der Waals surface area contributed by atoms with Gasteiger partial charge in [0.1, 0.15) is 0 Å². The lowest BCUT2D eigenvalue weighted by atomic mass is 10.0. The smallest absolute Gasteiger partial charge is 0.0440 e. The second-order valence-electron chi connectivity index (χ2n) is 4.53. The average Bonchev–Trinajstić information content (AvgIpc) is 2.85. The van der Waals surface area contributed by atoms with Gasteiger partial charge >= 0.3 is 0 Å². The number of hydrogen-bond acceptors (Lipinski definition) is 2. The summed E-state index contributed by atoms with van der Waals surface area (Å²) in [6.07, 6.45) is 3.86. The molecule has 1 fully saturated rings. The van der Waals surface area contributed by atoms with Gasteiger partial charge in [-0.2, -0.15) is 11.8 Å². The van der Waals surface area contributed by atoms with Crippen LogP contribution in [0.5, 0.6) is 0 Å². The molecule has 0 bridgehead atoms. The number of hydrogen-bond donors (Lipinski definition) is 1. The van der Waals surface area contributed by atoms with E-state index in [4.69, 9.17) is 11.6 Å². The van der Waals surface area contributed by atoms with Crippen LogP contribution in [0.1, 0.15) is 37.8 Å². The third kappa shape index (κ3) is 3.64. The largest absolute Gasteiger partial charge is 0.309 e. The van der Waals surface area contributed by atoms with Crippen LogP contribution in [0.4, 0.5) is 0 Å². The molecule has 2 atom stereocenters. The van der Waals surface area contributed by atoms with Crippen molar-refractivity contribution in [2.24, 2.45) is 0 Å². The van der Waals surface area contributed by atoms with Crippen molar-refractivity contribution in [1.29, 1.82) is 0 Å². The van der Waals surface area contributed by atoms with Crippen molar-refractivity contribution in [2.75, 3.05) is 12.3 Å². The van der Waals surface area contributed by atoms with E-state index in [9.17, 15) is 0 Å². The van der Waals surface area contributed by atoms with E-state index in [0.717, 1.165) is 16.8 Å². The number of nitrogens with one attached hydrogen (secondary N) is 1. The number of halogens is 1. The van der Waals surface area contributed by atoms with E-state index in [1.807, 2.05) is 12.1 Å². The minimum absolute atomic E-state index is 0.486. The molecule has 1 aromatic carbocycles. The zero-order valence-electron chi connectivity index (χ0n) is 10.3. The first-order valence-corrected chi connectivity index (χ1v) is 7.84. The Balaban J connectivity index is 2.10. The van der Waals surface area contributed by atoms with Gasteiger partial charge in [-0.1, -0.05) is 30.7 Å². The number of thioether (sulfide) groups is 1. The van der Waals surface area contributed by atoms with Crippen LogP contribution in [-0.4, -0.2) is 17.5 Å². The molecular formula is C14H20ClNS. The van der Waals surface area contributed by atoms with Crippen LogP contribution in [-0.2, 0) is 0 Å². The highest BCUT2D eigenvalue weighted by atomic mass is 35.5. The molecule has 1 nitrogen and oxygen atoms in total. The second kappa shape index (κ2) is 6.67. The van der Waals surface area contributed by atoms with Gasteiger partial charge < -0.3 is 5.32 Å². The molecule has 0 aromatic heterocycles. The van der Waals surface area contributed by atoms with E-state index < -0.39 is 0 Å². The number of benzene rings is 1. The van der Waals surface area contributed by atoms with Gasteiger partial charge in [-0.25, -0.2) is 0 Å². The van der Waals surface area contributed by atoms with Gasteiger partial charge in [0.2, 0.25) is 0 Å². The maximum Gasteiger partial charge on any atom is 0.0440 e. The van der Waals surface area contributed by atoms with Crippen LogP contribution in [0.3, 0.4) is 0 Å². The van der Waals surface area contributed by atoms with Crippen LogP contribution in [0.2, 0.25) is 5.02 Å². The molecule has 1 N–H and O–H groups in total. The molecule has 1 saturated heterocycles. The lowest BCUT2D eigenvalue weighted by molar-refractivity contribution is 0.503. The highest BCUT2D eigenvalue weighted by molar-refractivity contribution is 8.00. The van der Waals surface area contributed by atoms with Crippen LogP contribution in [0.25, 0.3) is 0 Å². The number of rotatable bonds is 5. The first-order chi connectivity index (χ1) is 8.31. The van der Waals surface area contributed by atoms with E-state index in [0.29, 0.717) is 6.04 Å². The fraction of sp³-hybridized carbons (Fsp3) is 0.571. The maximum absolute atomic E-state index is 5.95. The van der Waals surface area contributed by atoms with Gasteiger partial charge in [0, 0.05) is 16.3 Å². The van der Waals surface area contributed by atoms with E-state index in [2.05, 4.69) is 36.1 Å². The minimum Gasteiger partial charge on any atom is -0.309 e. The summed E-state index contributed by atoms with van der Waals surface area (Å²) in [4.78, 5) is 0. The first-order valence-electron chi connectivity index (χ1n) is 6.41. The van der Waals surface area contributed by atoms with E-state index in [-0.39, 0.29) is 0 Å². The summed E-state index contributed by atoms with van der Waals surface area (Å²) in [6, 6.07) is 8.80. The first kappa shape index (κ1) is 13.3. The summed E-state index contributed by atoms with van der Waals surface area (Å²) in [5.74, 6) is 1.31. The highest BCUT2D eigenvalue weighted by Gasteiger charge is 2.26. The fourth-order valence-electron chi connectivity index (χ4n) is 2.30. The summed E-state index contributed by atoms with van der Waals surface area (Å²) >= 11 is 8.06. The minimum atomic E-state index is 0.486. The monoisotopic (exact) mass is 269 g/mol. The third-order valence-corrected chi connectivity index (χ3v) is 4.89. The quantitative estimate of drug-likeness (QED) is 0.856. The van der Waals surface area contributed by atoms with E-state index in [1.165, 1.54) is 30.6 Å². The SMILES string of the molecule is CCCNC(c1ccc(Cl)cc1)C1CCCS1. The molecule has 0 amide bonds. The summed E-state index contributed by atoms with van der Waals surface area (Å²) < 4.78 is 0. The Morgan fingerprint density at radius 2 is 2.18 bits per heavy atom. The Kier molecular flexibility index (Phi) is 5.20. The molecule has 1 heterocycles. The zero-order valence-corrected chi connectivity index (χ0v) is 11.9. The molecule has 0 saturated carbocycles. The topological polar surface area (TPSA) is 12.0 Å². The lowest BCUT2D eigenvalue weighted by Gasteiger charge is -2.24. The summed E-state index contributed by atoms with van der Waals surface area (Å²) in [6.45, 7) is 3.30. The predicted octanol–water partition coefficient (Wildman–Crippen LogP) is 4.28. The molecule has 1 aliphatic heterocycles. The molecule has 0 radical (unpaired) electrons. The maximum atomic E-state index is 5.95. The van der Waals surface area contributed by atoms with Gasteiger partial charge in [-0.05, 0) is 49.3 Å². The van der Waals surface area contributed by atoms with Crippen molar-refractivity contribution < 1.29 is 0 Å². The summed E-state index contributed by atoms with van der Waals surface area (Å²) in [5, 5.41) is 5.23. The van der Waals surface area contributed by atoms with Crippen molar-refractivity contribution in [3.05, 3.63) is 34.9 Å². The average molecular weight is 270 g/mol. The molecule has 2 unspecified atom stereocenters. The second-order valence-corrected chi connectivity index (χ2v) is 6.32. The van der Waals surface area contributed by atoms with E-state index in [1.54, 1.807) is 0 Å². The third-order valence-electron chi connectivity index (χ3n) is 3.18. The van der Waals surface area contributed by atoms with Crippen molar-refractivity contribution in [3.8, 4) is 0 Å². The standard InChI is InChI=1S/C14H20ClNS/c1-2-9-16-14(13-4-3-10-17-13)11-5-7-12(15)8-6-11/h5-8,13-14,16H,2-4,9-10H2,1H3. The van der Waals surface area contributed by atoms with Gasteiger partial charge in [0.25, 0.3) is 0 Å². The van der Waals surface area contributed by atoms with Crippen molar-refractivity contribution in [2.45, 2.75) is 37.5 Å². The van der Waals surface area contributed by atoms with Crippen LogP contribution >= 0.6 is 23.4 Å². The molecule has 1 aromatic rings. The van der Waals surface area contributed by atoms with E-state index >= 15 is 0 Å². The van der Waals surface area contributed by atoms with Gasteiger partial charge in [0.15, 0.2) is 0 Å². The lowest BCUT2D eigenvalue weighted by Crippen LogP contribution is -2.29. The van der Waals surface area contributed by atoms with Crippen LogP contribution < -0.4 is 5.32 Å². The van der Waals surface area contributed by atoms with Gasteiger partial charge in [-0.15, -0.1) is 0 Å². The molecule has 1 aliphatic rings. The Morgan fingerprint density at radius 3 is 2.76 bits per heavy atom. The van der Waals surface area contributed by atoms with Crippen molar-refractivity contribution in [3.63, 3.8) is 0 Å². The summed E-state index contributed by atoms with van der Waals surface area (Å²) in [5.41, 5.74) is 1.38. The van der Waals surface area contributed by atoms with Crippen molar-refractivity contribution >= 4 is 23.4 Å². The predicted molar refractivity (Wildman–Crippen MR) is 78.0 cm³/mol. The molecule has 17 heavy (non-hydrogen) atoms. The fourth-order valence-corrected chi connectivity index (χ4v) is 3.84. The Labute approximate surface area is 113 Å². The van der Waals surface area contributed by atoms with Crippen LogP contribution in [0.15, 0.2) is 24.3 Å².